The van der Waals surface area contributed by atoms with Crippen LogP contribution in [0.25, 0.3) is 5.00 Å². The summed E-state index contributed by atoms with van der Waals surface area (Å²) >= 11 is 3.69. The fourth-order valence-electron chi connectivity index (χ4n) is 3.00. The van der Waals surface area contributed by atoms with E-state index in [1.165, 1.54) is 10.4 Å². The number of nitrogens with one attached hydrogen (secondary N) is 1. The zero-order chi connectivity index (χ0) is 16.5. The second kappa shape index (κ2) is 6.49. The lowest BCUT2D eigenvalue weighted by Crippen LogP contribution is -2.17. The van der Waals surface area contributed by atoms with Crippen LogP contribution in [-0.2, 0) is 12.2 Å². The van der Waals surface area contributed by atoms with Gasteiger partial charge >= 0.3 is 0 Å². The molecule has 122 valence electrons. The minimum atomic E-state index is -0.00241. The van der Waals surface area contributed by atoms with Crippen molar-refractivity contribution in [2.75, 3.05) is 11.1 Å². The van der Waals surface area contributed by atoms with Crippen LogP contribution in [0, 0.1) is 6.92 Å². The average Bonchev–Trinajstić information content (AvgIpc) is 3.23. The Balaban J connectivity index is 1.77. The summed E-state index contributed by atoms with van der Waals surface area (Å²) in [7, 11) is 0. The van der Waals surface area contributed by atoms with Gasteiger partial charge in [0.15, 0.2) is 0 Å². The molecule has 1 amide bonds. The number of fused-ring (bicyclic) bond motifs is 1. The van der Waals surface area contributed by atoms with Crippen molar-refractivity contribution in [3.05, 3.63) is 70.4 Å². The summed E-state index contributed by atoms with van der Waals surface area (Å²) < 4.78 is 2.06. The van der Waals surface area contributed by atoms with Crippen molar-refractivity contribution in [2.45, 2.75) is 19.1 Å². The molecule has 0 spiro atoms. The maximum Gasteiger partial charge on any atom is 0.258 e. The molecule has 5 heteroatoms. The molecule has 3 heterocycles. The van der Waals surface area contributed by atoms with Gasteiger partial charge in [-0.25, -0.2) is 0 Å². The summed E-state index contributed by atoms with van der Waals surface area (Å²) in [5, 5.41) is 4.14. The fourth-order valence-corrected chi connectivity index (χ4v) is 5.45. The Morgan fingerprint density at radius 1 is 1.17 bits per heavy atom. The molecule has 1 N–H and O–H groups in total. The van der Waals surface area contributed by atoms with Crippen LogP contribution in [0.3, 0.4) is 0 Å². The van der Waals surface area contributed by atoms with Crippen molar-refractivity contribution < 1.29 is 4.79 Å². The first-order valence-electron chi connectivity index (χ1n) is 7.96. The van der Waals surface area contributed by atoms with Gasteiger partial charge in [0.2, 0.25) is 0 Å². The minimum Gasteiger partial charge on any atom is -0.322 e. The molecule has 0 saturated carbocycles. The van der Waals surface area contributed by atoms with E-state index in [4.69, 9.17) is 0 Å². The van der Waals surface area contributed by atoms with Crippen LogP contribution in [-0.4, -0.2) is 16.2 Å². The Morgan fingerprint density at radius 2 is 1.96 bits per heavy atom. The third-order valence-corrected chi connectivity index (χ3v) is 6.67. The van der Waals surface area contributed by atoms with Crippen molar-refractivity contribution in [3.63, 3.8) is 0 Å². The third-order valence-electron chi connectivity index (χ3n) is 4.26. The lowest BCUT2D eigenvalue weighted by molar-refractivity contribution is 0.102. The smallest absolute Gasteiger partial charge is 0.258 e. The number of rotatable bonds is 3. The molecule has 0 bridgehead atoms. The number of para-hydroxylation sites is 1. The summed E-state index contributed by atoms with van der Waals surface area (Å²) in [6, 6.07) is 11.9. The number of hydrogen-bond donors (Lipinski definition) is 1. The molecule has 0 saturated heterocycles. The van der Waals surface area contributed by atoms with E-state index in [1.807, 2.05) is 67.5 Å². The number of amides is 1. The molecular weight excluding hydrogens is 336 g/mol. The highest BCUT2D eigenvalue weighted by Crippen LogP contribution is 2.38. The van der Waals surface area contributed by atoms with Crippen molar-refractivity contribution >= 4 is 34.7 Å². The van der Waals surface area contributed by atoms with Gasteiger partial charge in [-0.1, -0.05) is 18.2 Å². The standard InChI is InChI=1S/C19H18N2OS2/c1-13-6-2-3-7-15(13)20-18(22)17-14-8-11-23-12-16(14)24-19(17)21-9-4-5-10-21/h2-7,9-10H,8,11-12H2,1H3,(H,20,22). The van der Waals surface area contributed by atoms with Crippen LogP contribution in [0.5, 0.6) is 0 Å². The number of thiophene rings is 1. The summed E-state index contributed by atoms with van der Waals surface area (Å²) in [5.41, 5.74) is 4.03. The fraction of sp³-hybridized carbons (Fsp3) is 0.211. The van der Waals surface area contributed by atoms with E-state index in [1.54, 1.807) is 11.3 Å². The first kappa shape index (κ1) is 15.5. The van der Waals surface area contributed by atoms with E-state index < -0.39 is 0 Å². The van der Waals surface area contributed by atoms with Gasteiger partial charge in [0.05, 0.1) is 5.56 Å². The van der Waals surface area contributed by atoms with E-state index >= 15 is 0 Å². The Morgan fingerprint density at radius 3 is 2.75 bits per heavy atom. The van der Waals surface area contributed by atoms with E-state index in [2.05, 4.69) is 9.88 Å². The number of aryl methyl sites for hydroxylation is 1. The van der Waals surface area contributed by atoms with Crippen molar-refractivity contribution in [1.29, 1.82) is 0 Å². The maximum absolute atomic E-state index is 13.1. The monoisotopic (exact) mass is 354 g/mol. The van der Waals surface area contributed by atoms with Crippen molar-refractivity contribution in [3.8, 4) is 5.00 Å². The Kier molecular flexibility index (Phi) is 4.21. The van der Waals surface area contributed by atoms with E-state index in [0.29, 0.717) is 0 Å². The van der Waals surface area contributed by atoms with Crippen LogP contribution in [0.15, 0.2) is 48.8 Å². The van der Waals surface area contributed by atoms with E-state index in [-0.39, 0.29) is 5.91 Å². The maximum atomic E-state index is 13.1. The molecule has 0 radical (unpaired) electrons. The predicted octanol–water partition coefficient (Wildman–Crippen LogP) is 4.89. The Labute approximate surface area is 149 Å². The van der Waals surface area contributed by atoms with Crippen LogP contribution in [0.1, 0.15) is 26.4 Å². The molecule has 0 unspecified atom stereocenters. The Hall–Kier alpha value is -1.98. The molecule has 0 fully saturated rings. The lowest BCUT2D eigenvalue weighted by atomic mass is 10.1. The van der Waals surface area contributed by atoms with Gasteiger partial charge in [-0.05, 0) is 48.4 Å². The summed E-state index contributed by atoms with van der Waals surface area (Å²) in [4.78, 5) is 14.4. The first-order chi connectivity index (χ1) is 11.7. The van der Waals surface area contributed by atoms with Gasteiger partial charge in [0, 0.05) is 28.7 Å². The number of aromatic nitrogens is 1. The zero-order valence-electron chi connectivity index (χ0n) is 13.4. The average molecular weight is 355 g/mol. The SMILES string of the molecule is Cc1ccccc1NC(=O)c1c(-n2cccc2)sc2c1CCSC2. The van der Waals surface area contributed by atoms with Gasteiger partial charge in [-0.3, -0.25) is 4.79 Å². The number of nitrogens with zero attached hydrogens (tertiary/aromatic N) is 1. The number of thioether (sulfide) groups is 1. The first-order valence-corrected chi connectivity index (χ1v) is 9.94. The van der Waals surface area contributed by atoms with Crippen molar-refractivity contribution in [1.82, 2.24) is 4.57 Å². The number of hydrogen-bond acceptors (Lipinski definition) is 3. The topological polar surface area (TPSA) is 34.0 Å². The molecular formula is C19H18N2OS2. The van der Waals surface area contributed by atoms with Gasteiger partial charge in [0.1, 0.15) is 5.00 Å². The second-order valence-corrected chi connectivity index (χ2v) is 8.03. The molecule has 24 heavy (non-hydrogen) atoms. The molecule has 1 aromatic carbocycles. The van der Waals surface area contributed by atoms with Crippen LogP contribution < -0.4 is 5.32 Å². The molecule has 0 aliphatic carbocycles. The van der Waals surface area contributed by atoms with Gasteiger partial charge in [-0.15, -0.1) is 11.3 Å². The predicted molar refractivity (Wildman–Crippen MR) is 103 cm³/mol. The normalized spacial score (nSPS) is 13.5. The number of anilines is 1. The quantitative estimate of drug-likeness (QED) is 0.727. The molecule has 0 atom stereocenters. The second-order valence-electron chi connectivity index (χ2n) is 5.85. The third kappa shape index (κ3) is 2.78. The van der Waals surface area contributed by atoms with Gasteiger partial charge in [-0.2, -0.15) is 11.8 Å². The number of benzene rings is 1. The van der Waals surface area contributed by atoms with Crippen molar-refractivity contribution in [2.24, 2.45) is 0 Å². The highest BCUT2D eigenvalue weighted by atomic mass is 32.2. The van der Waals surface area contributed by atoms with Gasteiger partial charge in [0.25, 0.3) is 5.91 Å². The minimum absolute atomic E-state index is 0.00241. The molecule has 3 nitrogen and oxygen atoms in total. The lowest BCUT2D eigenvalue weighted by Gasteiger charge is -2.14. The van der Waals surface area contributed by atoms with E-state index in [9.17, 15) is 4.79 Å². The largest absolute Gasteiger partial charge is 0.322 e. The van der Waals surface area contributed by atoms with Crippen LogP contribution in [0.2, 0.25) is 0 Å². The van der Waals surface area contributed by atoms with Gasteiger partial charge < -0.3 is 9.88 Å². The molecule has 4 rings (SSSR count). The molecule has 3 aromatic rings. The number of carbonyl (C=O) groups is 1. The highest BCUT2D eigenvalue weighted by Gasteiger charge is 2.26. The number of carbonyl (C=O) groups excluding carboxylic acids is 1. The van der Waals surface area contributed by atoms with E-state index in [0.717, 1.165) is 39.7 Å². The highest BCUT2D eigenvalue weighted by molar-refractivity contribution is 7.98. The van der Waals surface area contributed by atoms with Crippen LogP contribution >= 0.6 is 23.1 Å². The van der Waals surface area contributed by atoms with Crippen LogP contribution in [0.4, 0.5) is 5.69 Å². The summed E-state index contributed by atoms with van der Waals surface area (Å²) in [6.07, 6.45) is 4.98. The zero-order valence-corrected chi connectivity index (χ0v) is 15.0. The summed E-state index contributed by atoms with van der Waals surface area (Å²) in [6.45, 7) is 2.02. The molecule has 1 aliphatic rings. The molecule has 2 aromatic heterocycles. The molecule has 1 aliphatic heterocycles. The Bertz CT molecular complexity index is 881. The summed E-state index contributed by atoms with van der Waals surface area (Å²) in [5.74, 6) is 2.09.